The monoisotopic (exact) mass is 340 g/mol. The first-order valence-corrected chi connectivity index (χ1v) is 8.34. The summed E-state index contributed by atoms with van der Waals surface area (Å²) in [5, 5.41) is 17.0. The number of aromatic nitrogens is 2. The number of nitrogens with zero attached hydrogens (tertiary/aromatic N) is 2. The molecule has 0 saturated heterocycles. The van der Waals surface area contributed by atoms with Crippen molar-refractivity contribution in [3.8, 4) is 10.7 Å². The molecule has 1 amide bonds. The number of carbonyl (C=O) groups excluding carboxylic acids is 2. The Morgan fingerprint density at radius 1 is 1.45 bits per heavy atom. The van der Waals surface area contributed by atoms with E-state index in [1.54, 1.807) is 5.38 Å². The first kappa shape index (κ1) is 16.7. The third kappa shape index (κ3) is 4.17. The van der Waals surface area contributed by atoms with E-state index >= 15 is 0 Å². The van der Waals surface area contributed by atoms with Crippen LogP contribution in [0.15, 0.2) is 10.8 Å². The summed E-state index contributed by atoms with van der Waals surface area (Å²) < 4.78 is 0. The average molecular weight is 340 g/mol. The molecule has 0 aliphatic heterocycles. The number of aliphatic hydroxyl groups excluding tert-OH is 1. The zero-order chi connectivity index (χ0) is 16.1. The number of aliphatic hydroxyl groups is 1. The van der Waals surface area contributed by atoms with Crippen LogP contribution in [0.25, 0.3) is 10.7 Å². The number of thiazole rings is 2. The van der Waals surface area contributed by atoms with Gasteiger partial charge in [-0.2, -0.15) is 0 Å². The fraction of sp³-hybridized carbons (Fsp3) is 0.385. The standard InChI is InChI=1S/C13H16N4O3S2/c1-7(19)11(14)12(20)15-3-2-10-17-9(6-21-10)13-16-8(4-18)5-22-13/h4-7,11,19H,2-3,14H2,1H3,(H,15,20)/t7-,11+/m1/s1. The molecule has 0 radical (unpaired) electrons. The molecule has 2 aromatic heterocycles. The lowest BCUT2D eigenvalue weighted by Gasteiger charge is -2.13. The van der Waals surface area contributed by atoms with E-state index in [1.807, 2.05) is 5.38 Å². The van der Waals surface area contributed by atoms with E-state index < -0.39 is 12.1 Å². The molecule has 0 aromatic carbocycles. The first-order chi connectivity index (χ1) is 10.5. The number of nitrogens with one attached hydrogen (secondary N) is 1. The van der Waals surface area contributed by atoms with Crippen LogP contribution in [0.2, 0.25) is 0 Å². The Labute approximate surface area is 135 Å². The molecule has 2 heterocycles. The van der Waals surface area contributed by atoms with Crippen LogP contribution < -0.4 is 11.1 Å². The molecule has 2 aromatic rings. The van der Waals surface area contributed by atoms with Crippen molar-refractivity contribution >= 4 is 34.9 Å². The molecular formula is C13H16N4O3S2. The maximum absolute atomic E-state index is 11.6. The molecule has 9 heteroatoms. The van der Waals surface area contributed by atoms with Gasteiger partial charge < -0.3 is 16.2 Å². The lowest BCUT2D eigenvalue weighted by Crippen LogP contribution is -2.47. The predicted molar refractivity (Wildman–Crippen MR) is 85.0 cm³/mol. The summed E-state index contributed by atoms with van der Waals surface area (Å²) in [4.78, 5) is 30.8. The Hall–Kier alpha value is -1.68. The maximum atomic E-state index is 11.6. The molecule has 4 N–H and O–H groups in total. The van der Waals surface area contributed by atoms with Crippen molar-refractivity contribution in [2.45, 2.75) is 25.5 Å². The van der Waals surface area contributed by atoms with Gasteiger partial charge in [-0.15, -0.1) is 22.7 Å². The van der Waals surface area contributed by atoms with Gasteiger partial charge in [-0.25, -0.2) is 9.97 Å². The van der Waals surface area contributed by atoms with E-state index in [-0.39, 0.29) is 5.91 Å². The molecule has 0 aliphatic carbocycles. The van der Waals surface area contributed by atoms with Crippen molar-refractivity contribution in [3.63, 3.8) is 0 Å². The molecule has 0 spiro atoms. The third-order valence-corrected chi connectivity index (χ3v) is 4.67. The number of hydrogen-bond acceptors (Lipinski definition) is 8. The summed E-state index contributed by atoms with van der Waals surface area (Å²) in [6.45, 7) is 1.86. The van der Waals surface area contributed by atoms with Gasteiger partial charge in [0.25, 0.3) is 0 Å². The van der Waals surface area contributed by atoms with E-state index in [1.165, 1.54) is 29.6 Å². The highest BCUT2D eigenvalue weighted by molar-refractivity contribution is 7.14. The number of carbonyl (C=O) groups is 2. The van der Waals surface area contributed by atoms with Crippen LogP contribution in [0, 0.1) is 0 Å². The molecule has 0 fully saturated rings. The number of nitrogens with two attached hydrogens (primary N) is 1. The highest BCUT2D eigenvalue weighted by Gasteiger charge is 2.18. The van der Waals surface area contributed by atoms with Gasteiger partial charge >= 0.3 is 0 Å². The quantitative estimate of drug-likeness (QED) is 0.630. The van der Waals surface area contributed by atoms with Crippen molar-refractivity contribution in [3.05, 3.63) is 21.5 Å². The lowest BCUT2D eigenvalue weighted by molar-refractivity contribution is -0.124. The molecule has 0 saturated carbocycles. The Morgan fingerprint density at radius 2 is 2.23 bits per heavy atom. The lowest BCUT2D eigenvalue weighted by atomic mass is 10.2. The SMILES string of the molecule is C[C@@H](O)[C@H](N)C(=O)NCCc1nc(-c2nc(C=O)cs2)cs1. The average Bonchev–Trinajstić information content (AvgIpc) is 3.14. The summed E-state index contributed by atoms with van der Waals surface area (Å²) in [6.07, 6.45) is 0.381. The van der Waals surface area contributed by atoms with Gasteiger partial charge in [0.05, 0.1) is 11.1 Å². The molecule has 0 aliphatic rings. The van der Waals surface area contributed by atoms with Crippen LogP contribution >= 0.6 is 22.7 Å². The second-order valence-electron chi connectivity index (χ2n) is 4.63. The molecule has 2 atom stereocenters. The Kier molecular flexibility index (Phi) is 5.72. The zero-order valence-electron chi connectivity index (χ0n) is 11.9. The minimum absolute atomic E-state index is 0.387. The summed E-state index contributed by atoms with van der Waals surface area (Å²) in [5.74, 6) is -0.387. The van der Waals surface area contributed by atoms with Crippen LogP contribution in [0.4, 0.5) is 0 Å². The molecular weight excluding hydrogens is 324 g/mol. The van der Waals surface area contributed by atoms with Crippen LogP contribution in [-0.2, 0) is 11.2 Å². The summed E-state index contributed by atoms with van der Waals surface area (Å²) in [7, 11) is 0. The number of aldehydes is 1. The van der Waals surface area contributed by atoms with E-state index in [9.17, 15) is 14.7 Å². The van der Waals surface area contributed by atoms with Gasteiger partial charge in [0, 0.05) is 23.7 Å². The largest absolute Gasteiger partial charge is 0.391 e. The van der Waals surface area contributed by atoms with Crippen LogP contribution in [0.5, 0.6) is 0 Å². The maximum Gasteiger partial charge on any atom is 0.239 e. The van der Waals surface area contributed by atoms with E-state index in [0.29, 0.717) is 30.0 Å². The normalized spacial score (nSPS) is 13.6. The van der Waals surface area contributed by atoms with Crippen LogP contribution in [-0.4, -0.2) is 46.0 Å². The van der Waals surface area contributed by atoms with Crippen molar-refractivity contribution in [2.75, 3.05) is 6.54 Å². The number of rotatable bonds is 7. The highest BCUT2D eigenvalue weighted by atomic mass is 32.1. The molecule has 22 heavy (non-hydrogen) atoms. The third-order valence-electron chi connectivity index (χ3n) is 2.87. The minimum Gasteiger partial charge on any atom is -0.391 e. The summed E-state index contributed by atoms with van der Waals surface area (Å²) >= 11 is 2.83. The Balaban J connectivity index is 1.87. The topological polar surface area (TPSA) is 118 Å². The number of amides is 1. The highest BCUT2D eigenvalue weighted by Crippen LogP contribution is 2.25. The zero-order valence-corrected chi connectivity index (χ0v) is 13.5. The van der Waals surface area contributed by atoms with Gasteiger partial charge in [-0.1, -0.05) is 0 Å². The fourth-order valence-electron chi connectivity index (χ4n) is 1.61. The summed E-state index contributed by atoms with van der Waals surface area (Å²) in [5.41, 5.74) is 6.65. The second-order valence-corrected chi connectivity index (χ2v) is 6.43. The minimum atomic E-state index is -0.927. The molecule has 0 unspecified atom stereocenters. The Morgan fingerprint density at radius 3 is 2.86 bits per heavy atom. The van der Waals surface area contributed by atoms with E-state index in [0.717, 1.165) is 10.7 Å². The predicted octanol–water partition coefficient (Wildman–Crippen LogP) is 0.446. The van der Waals surface area contributed by atoms with E-state index in [2.05, 4.69) is 15.3 Å². The number of hydrogen-bond donors (Lipinski definition) is 3. The van der Waals surface area contributed by atoms with Crippen molar-refractivity contribution in [2.24, 2.45) is 5.73 Å². The van der Waals surface area contributed by atoms with Crippen LogP contribution in [0.1, 0.15) is 22.4 Å². The van der Waals surface area contributed by atoms with Gasteiger partial charge in [0.15, 0.2) is 6.29 Å². The molecule has 7 nitrogen and oxygen atoms in total. The molecule has 2 rings (SSSR count). The van der Waals surface area contributed by atoms with Crippen molar-refractivity contribution < 1.29 is 14.7 Å². The van der Waals surface area contributed by atoms with Gasteiger partial charge in [-0.05, 0) is 6.92 Å². The van der Waals surface area contributed by atoms with Crippen molar-refractivity contribution in [1.29, 1.82) is 0 Å². The van der Waals surface area contributed by atoms with Gasteiger partial charge in [-0.3, -0.25) is 9.59 Å². The Bertz CT molecular complexity index is 653. The van der Waals surface area contributed by atoms with Gasteiger partial charge in [0.2, 0.25) is 5.91 Å². The van der Waals surface area contributed by atoms with Crippen molar-refractivity contribution in [1.82, 2.24) is 15.3 Å². The second kappa shape index (κ2) is 7.54. The summed E-state index contributed by atoms with van der Waals surface area (Å²) in [6, 6.07) is -0.927. The van der Waals surface area contributed by atoms with Gasteiger partial charge in [0.1, 0.15) is 22.4 Å². The van der Waals surface area contributed by atoms with Crippen LogP contribution in [0.3, 0.4) is 0 Å². The molecule has 0 bridgehead atoms. The van der Waals surface area contributed by atoms with E-state index in [4.69, 9.17) is 5.73 Å². The smallest absolute Gasteiger partial charge is 0.239 e. The first-order valence-electron chi connectivity index (χ1n) is 6.58. The fourth-order valence-corrected chi connectivity index (χ4v) is 3.19. The molecule has 118 valence electrons.